The average Bonchev–Trinajstić information content (AvgIpc) is 2.54. The largest absolute Gasteiger partial charge is 0.344 e. The SMILES string of the molecule is CC(C)c1ncc(Cl)c(C(=O)NC(C)c2cccc(S(N)(=O)=O)c2)n1. The number of halogens is 1. The van der Waals surface area contributed by atoms with E-state index in [0.29, 0.717) is 11.4 Å². The summed E-state index contributed by atoms with van der Waals surface area (Å²) in [6.07, 6.45) is 1.39. The zero-order valence-electron chi connectivity index (χ0n) is 14.0. The van der Waals surface area contributed by atoms with Crippen molar-refractivity contribution in [1.29, 1.82) is 0 Å². The fourth-order valence-electron chi connectivity index (χ4n) is 2.13. The van der Waals surface area contributed by atoms with Gasteiger partial charge in [0.25, 0.3) is 5.91 Å². The van der Waals surface area contributed by atoms with Crippen LogP contribution in [0.1, 0.15) is 54.6 Å². The van der Waals surface area contributed by atoms with E-state index in [4.69, 9.17) is 16.7 Å². The first-order chi connectivity index (χ1) is 11.6. The van der Waals surface area contributed by atoms with Gasteiger partial charge in [0.15, 0.2) is 0 Å². The molecule has 0 radical (unpaired) electrons. The topological polar surface area (TPSA) is 115 Å². The van der Waals surface area contributed by atoms with Crippen LogP contribution in [0.3, 0.4) is 0 Å². The molecule has 1 unspecified atom stereocenters. The van der Waals surface area contributed by atoms with Gasteiger partial charge in [-0.1, -0.05) is 37.6 Å². The number of primary sulfonamides is 1. The third-order valence-corrected chi connectivity index (χ3v) is 4.72. The molecule has 1 heterocycles. The quantitative estimate of drug-likeness (QED) is 0.823. The molecule has 0 aliphatic heterocycles. The Kier molecular flexibility index (Phi) is 5.76. The minimum Gasteiger partial charge on any atom is -0.344 e. The lowest BCUT2D eigenvalue weighted by Crippen LogP contribution is -2.28. The number of aromatic nitrogens is 2. The van der Waals surface area contributed by atoms with Crippen LogP contribution in [0.25, 0.3) is 0 Å². The first-order valence-corrected chi connectivity index (χ1v) is 9.48. The van der Waals surface area contributed by atoms with E-state index in [-0.39, 0.29) is 21.5 Å². The Morgan fingerprint density at radius 1 is 1.28 bits per heavy atom. The summed E-state index contributed by atoms with van der Waals surface area (Å²) in [5.74, 6) is 0.0916. The van der Waals surface area contributed by atoms with Gasteiger partial charge in [0.1, 0.15) is 11.5 Å². The van der Waals surface area contributed by atoms with Crippen LogP contribution >= 0.6 is 11.6 Å². The van der Waals surface area contributed by atoms with Gasteiger partial charge < -0.3 is 5.32 Å². The highest BCUT2D eigenvalue weighted by Gasteiger charge is 2.19. The van der Waals surface area contributed by atoms with Crippen LogP contribution < -0.4 is 10.5 Å². The second-order valence-electron chi connectivity index (χ2n) is 5.89. The summed E-state index contributed by atoms with van der Waals surface area (Å²) >= 11 is 6.03. The van der Waals surface area contributed by atoms with E-state index < -0.39 is 22.0 Å². The number of hydrogen-bond donors (Lipinski definition) is 2. The van der Waals surface area contributed by atoms with Crippen molar-refractivity contribution in [3.05, 3.63) is 52.6 Å². The van der Waals surface area contributed by atoms with Crippen molar-refractivity contribution in [1.82, 2.24) is 15.3 Å². The molecule has 1 amide bonds. The van der Waals surface area contributed by atoms with E-state index in [1.54, 1.807) is 19.1 Å². The summed E-state index contributed by atoms with van der Waals surface area (Å²) < 4.78 is 22.9. The van der Waals surface area contributed by atoms with E-state index >= 15 is 0 Å². The van der Waals surface area contributed by atoms with Gasteiger partial charge in [-0.2, -0.15) is 0 Å². The zero-order valence-corrected chi connectivity index (χ0v) is 15.6. The minimum absolute atomic E-state index is 0.0201. The highest BCUT2D eigenvalue weighted by atomic mass is 35.5. The van der Waals surface area contributed by atoms with Crippen molar-refractivity contribution in [2.75, 3.05) is 0 Å². The predicted octanol–water partition coefficient (Wildman–Crippen LogP) is 2.39. The summed E-state index contributed by atoms with van der Waals surface area (Å²) in [7, 11) is -3.82. The van der Waals surface area contributed by atoms with Gasteiger partial charge in [-0.25, -0.2) is 23.5 Å². The Bertz CT molecular complexity index is 900. The summed E-state index contributed by atoms with van der Waals surface area (Å²) in [5.41, 5.74) is 0.670. The number of nitrogens with two attached hydrogens (primary N) is 1. The van der Waals surface area contributed by atoms with E-state index in [0.717, 1.165) is 0 Å². The van der Waals surface area contributed by atoms with Gasteiger partial charge in [0.2, 0.25) is 10.0 Å². The molecular formula is C16H19ClN4O3S. The summed E-state index contributed by atoms with van der Waals surface area (Å²) in [5, 5.41) is 8.03. The molecule has 0 spiro atoms. The summed E-state index contributed by atoms with van der Waals surface area (Å²) in [6.45, 7) is 5.54. The molecule has 1 atom stereocenters. The van der Waals surface area contributed by atoms with Crippen LogP contribution in [0.5, 0.6) is 0 Å². The molecule has 0 saturated carbocycles. The monoisotopic (exact) mass is 382 g/mol. The zero-order chi connectivity index (χ0) is 18.8. The Hall–Kier alpha value is -2.03. The summed E-state index contributed by atoms with van der Waals surface area (Å²) in [6, 6.07) is 5.60. The molecule has 1 aromatic heterocycles. The van der Waals surface area contributed by atoms with E-state index in [1.807, 2.05) is 13.8 Å². The summed E-state index contributed by atoms with van der Waals surface area (Å²) in [4.78, 5) is 20.8. The number of amides is 1. The van der Waals surface area contributed by atoms with Crippen molar-refractivity contribution < 1.29 is 13.2 Å². The maximum absolute atomic E-state index is 12.5. The number of benzene rings is 1. The number of carbonyl (C=O) groups is 1. The van der Waals surface area contributed by atoms with Gasteiger partial charge >= 0.3 is 0 Å². The molecule has 3 N–H and O–H groups in total. The third-order valence-electron chi connectivity index (χ3n) is 3.53. The average molecular weight is 383 g/mol. The Labute approximate surface area is 151 Å². The lowest BCUT2D eigenvalue weighted by molar-refractivity contribution is 0.0934. The Morgan fingerprint density at radius 3 is 2.56 bits per heavy atom. The first kappa shape index (κ1) is 19.3. The second kappa shape index (κ2) is 7.47. The van der Waals surface area contributed by atoms with Crippen LogP contribution in [-0.2, 0) is 10.0 Å². The molecule has 2 rings (SSSR count). The van der Waals surface area contributed by atoms with Crippen LogP contribution in [0.4, 0.5) is 0 Å². The van der Waals surface area contributed by atoms with Gasteiger partial charge in [0.05, 0.1) is 22.2 Å². The minimum atomic E-state index is -3.82. The third kappa shape index (κ3) is 4.75. The molecular weight excluding hydrogens is 364 g/mol. The smallest absolute Gasteiger partial charge is 0.272 e. The molecule has 1 aromatic carbocycles. The van der Waals surface area contributed by atoms with E-state index in [2.05, 4.69) is 15.3 Å². The molecule has 0 aliphatic carbocycles. The molecule has 0 aliphatic rings. The number of hydrogen-bond acceptors (Lipinski definition) is 5. The van der Waals surface area contributed by atoms with Gasteiger partial charge in [-0.15, -0.1) is 0 Å². The van der Waals surface area contributed by atoms with Crippen molar-refractivity contribution in [2.45, 2.75) is 37.6 Å². The van der Waals surface area contributed by atoms with Crippen molar-refractivity contribution >= 4 is 27.5 Å². The maximum atomic E-state index is 12.5. The highest BCUT2D eigenvalue weighted by molar-refractivity contribution is 7.89. The van der Waals surface area contributed by atoms with Crippen LogP contribution in [0.15, 0.2) is 35.4 Å². The molecule has 0 bridgehead atoms. The lowest BCUT2D eigenvalue weighted by atomic mass is 10.1. The number of nitrogens with zero attached hydrogens (tertiary/aromatic N) is 2. The number of nitrogens with one attached hydrogen (secondary N) is 1. The van der Waals surface area contributed by atoms with Gasteiger partial charge in [-0.05, 0) is 24.6 Å². The normalized spacial score (nSPS) is 12.9. The Balaban J connectivity index is 2.25. The number of carbonyl (C=O) groups excluding carboxylic acids is 1. The molecule has 9 heteroatoms. The highest BCUT2D eigenvalue weighted by Crippen LogP contribution is 2.20. The van der Waals surface area contributed by atoms with E-state index in [9.17, 15) is 13.2 Å². The van der Waals surface area contributed by atoms with Crippen LogP contribution in [0, 0.1) is 0 Å². The molecule has 25 heavy (non-hydrogen) atoms. The molecule has 2 aromatic rings. The lowest BCUT2D eigenvalue weighted by Gasteiger charge is -2.16. The van der Waals surface area contributed by atoms with Crippen LogP contribution in [0.2, 0.25) is 5.02 Å². The van der Waals surface area contributed by atoms with E-state index in [1.165, 1.54) is 18.3 Å². The van der Waals surface area contributed by atoms with Crippen molar-refractivity contribution in [3.8, 4) is 0 Å². The molecule has 7 nitrogen and oxygen atoms in total. The second-order valence-corrected chi connectivity index (χ2v) is 7.86. The van der Waals surface area contributed by atoms with Gasteiger partial charge in [-0.3, -0.25) is 4.79 Å². The fourth-order valence-corrected chi connectivity index (χ4v) is 2.87. The number of sulfonamides is 1. The van der Waals surface area contributed by atoms with Crippen molar-refractivity contribution in [2.24, 2.45) is 5.14 Å². The van der Waals surface area contributed by atoms with Crippen LogP contribution in [-0.4, -0.2) is 24.3 Å². The predicted molar refractivity (Wildman–Crippen MR) is 94.8 cm³/mol. The molecule has 0 saturated heterocycles. The van der Waals surface area contributed by atoms with Crippen molar-refractivity contribution in [3.63, 3.8) is 0 Å². The molecule has 134 valence electrons. The van der Waals surface area contributed by atoms with Gasteiger partial charge in [0, 0.05) is 5.92 Å². The maximum Gasteiger partial charge on any atom is 0.272 e. The molecule has 0 fully saturated rings. The number of rotatable bonds is 5. The first-order valence-electron chi connectivity index (χ1n) is 7.55. The fraction of sp³-hybridized carbons (Fsp3) is 0.312. The Morgan fingerprint density at radius 2 is 1.96 bits per heavy atom. The standard InChI is InChI=1S/C16H19ClN4O3S/c1-9(2)15-19-8-13(17)14(21-15)16(22)20-10(3)11-5-4-6-12(7-11)25(18,23)24/h4-10H,1-3H3,(H,20,22)(H2,18,23,24).